The van der Waals surface area contributed by atoms with Gasteiger partial charge in [0.15, 0.2) is 0 Å². The largest absolute Gasteiger partial charge is 0.462 e. The molecular weight excluding hydrogens is 316 g/mol. The summed E-state index contributed by atoms with van der Waals surface area (Å²) in [6.45, 7) is 2.22. The highest BCUT2D eigenvalue weighted by Crippen LogP contribution is 2.16. The van der Waals surface area contributed by atoms with E-state index in [0.29, 0.717) is 12.2 Å². The Bertz CT molecular complexity index is 576. The topological polar surface area (TPSA) is 26.3 Å². The van der Waals surface area contributed by atoms with Crippen molar-refractivity contribution in [2.24, 2.45) is 0 Å². The Labute approximate surface area is 127 Å². The average molecular weight is 333 g/mol. The Morgan fingerprint density at radius 1 is 1.05 bits per heavy atom. The van der Waals surface area contributed by atoms with Crippen LogP contribution in [0.2, 0.25) is 0 Å². The van der Waals surface area contributed by atoms with Gasteiger partial charge < -0.3 is 4.74 Å². The van der Waals surface area contributed by atoms with Crippen molar-refractivity contribution in [2.75, 3.05) is 6.61 Å². The van der Waals surface area contributed by atoms with Crippen LogP contribution in [0, 0.1) is 0 Å². The highest BCUT2D eigenvalue weighted by molar-refractivity contribution is 9.10. The smallest absolute Gasteiger partial charge is 0.338 e. The van der Waals surface area contributed by atoms with Crippen LogP contribution < -0.4 is 0 Å². The van der Waals surface area contributed by atoms with E-state index < -0.39 is 0 Å². The lowest BCUT2D eigenvalue weighted by Crippen LogP contribution is -2.08. The van der Waals surface area contributed by atoms with Crippen molar-refractivity contribution in [3.63, 3.8) is 0 Å². The summed E-state index contributed by atoms with van der Waals surface area (Å²) >= 11 is 3.43. The van der Waals surface area contributed by atoms with Crippen LogP contribution in [0.4, 0.5) is 0 Å². The molecule has 2 rings (SSSR count). The number of rotatable bonds is 5. The first-order chi connectivity index (χ1) is 9.70. The summed E-state index contributed by atoms with van der Waals surface area (Å²) in [5.41, 5.74) is 2.96. The van der Waals surface area contributed by atoms with Crippen molar-refractivity contribution >= 4 is 21.9 Å². The molecule has 0 N–H and O–H groups in total. The van der Waals surface area contributed by atoms with Gasteiger partial charge in [0.2, 0.25) is 0 Å². The first-order valence-corrected chi connectivity index (χ1v) is 7.49. The van der Waals surface area contributed by atoms with Gasteiger partial charge >= 0.3 is 5.97 Å². The van der Waals surface area contributed by atoms with Gasteiger partial charge in [0.05, 0.1) is 12.2 Å². The fraction of sp³-hybridized carbons (Fsp3) is 0.235. The molecule has 0 bridgehead atoms. The van der Waals surface area contributed by atoms with Gasteiger partial charge in [-0.3, -0.25) is 0 Å². The molecule has 0 aliphatic rings. The Kier molecular flexibility index (Phi) is 5.36. The Hall–Kier alpha value is -1.61. The van der Waals surface area contributed by atoms with Crippen LogP contribution in [0.3, 0.4) is 0 Å². The monoisotopic (exact) mass is 332 g/mol. The van der Waals surface area contributed by atoms with Gasteiger partial charge in [0, 0.05) is 4.47 Å². The maximum absolute atomic E-state index is 11.9. The molecule has 0 unspecified atom stereocenters. The maximum Gasteiger partial charge on any atom is 0.338 e. The van der Waals surface area contributed by atoms with Crippen LogP contribution in [0.1, 0.15) is 28.4 Å². The van der Waals surface area contributed by atoms with Crippen molar-refractivity contribution in [3.05, 3.63) is 69.7 Å². The highest BCUT2D eigenvalue weighted by atomic mass is 79.9. The molecule has 0 amide bonds. The lowest BCUT2D eigenvalue weighted by Gasteiger charge is -2.08. The summed E-state index contributed by atoms with van der Waals surface area (Å²) in [6, 6.07) is 15.9. The first-order valence-electron chi connectivity index (χ1n) is 6.70. The van der Waals surface area contributed by atoms with Gasteiger partial charge in [-0.05, 0) is 49.1 Å². The summed E-state index contributed by atoms with van der Waals surface area (Å²) < 4.78 is 6.17. The number of hydrogen-bond acceptors (Lipinski definition) is 2. The predicted molar refractivity (Wildman–Crippen MR) is 83.9 cm³/mol. The third kappa shape index (κ3) is 3.94. The van der Waals surface area contributed by atoms with Gasteiger partial charge in [-0.25, -0.2) is 4.79 Å². The Balaban J connectivity index is 2.09. The van der Waals surface area contributed by atoms with Gasteiger partial charge in [-0.1, -0.05) is 46.3 Å². The molecule has 20 heavy (non-hydrogen) atoms. The van der Waals surface area contributed by atoms with Crippen molar-refractivity contribution in [2.45, 2.75) is 19.8 Å². The summed E-state index contributed by atoms with van der Waals surface area (Å²) in [7, 11) is 0. The van der Waals surface area contributed by atoms with Crippen molar-refractivity contribution in [1.82, 2.24) is 0 Å². The van der Waals surface area contributed by atoms with E-state index in [-0.39, 0.29) is 5.97 Å². The second-order valence-corrected chi connectivity index (χ2v) is 5.42. The summed E-state index contributed by atoms with van der Waals surface area (Å²) in [6.07, 6.45) is 1.74. The number of aryl methyl sites for hydroxylation is 2. The second kappa shape index (κ2) is 7.25. The zero-order chi connectivity index (χ0) is 14.4. The Morgan fingerprint density at radius 2 is 1.75 bits per heavy atom. The Morgan fingerprint density at radius 3 is 2.45 bits per heavy atom. The number of ether oxygens (including phenoxy) is 1. The van der Waals surface area contributed by atoms with E-state index in [2.05, 4.69) is 28.1 Å². The predicted octanol–water partition coefficient (Wildman–Crippen LogP) is 4.41. The van der Waals surface area contributed by atoms with Gasteiger partial charge in [-0.2, -0.15) is 0 Å². The van der Waals surface area contributed by atoms with E-state index in [1.54, 1.807) is 0 Å². The van der Waals surface area contributed by atoms with E-state index in [0.717, 1.165) is 22.9 Å². The third-order valence-electron chi connectivity index (χ3n) is 3.11. The molecule has 0 atom stereocenters. The molecule has 0 saturated heterocycles. The van der Waals surface area contributed by atoms with E-state index in [4.69, 9.17) is 4.74 Å². The minimum atomic E-state index is -0.237. The lowest BCUT2D eigenvalue weighted by molar-refractivity contribution is 0.0525. The minimum absolute atomic E-state index is 0.237. The SMILES string of the molecule is CCOC(=O)c1ccccc1CCc1ccc(Br)cc1. The minimum Gasteiger partial charge on any atom is -0.462 e. The van der Waals surface area contributed by atoms with Crippen LogP contribution >= 0.6 is 15.9 Å². The van der Waals surface area contributed by atoms with Gasteiger partial charge in [-0.15, -0.1) is 0 Å². The molecule has 2 aromatic carbocycles. The van der Waals surface area contributed by atoms with E-state index in [9.17, 15) is 4.79 Å². The first kappa shape index (κ1) is 14.8. The standard InChI is InChI=1S/C17H17BrO2/c1-2-20-17(19)16-6-4-3-5-14(16)10-7-13-8-11-15(18)12-9-13/h3-6,8-9,11-12H,2,7,10H2,1H3. The van der Waals surface area contributed by atoms with E-state index >= 15 is 0 Å². The zero-order valence-electron chi connectivity index (χ0n) is 11.4. The zero-order valence-corrected chi connectivity index (χ0v) is 13.0. The fourth-order valence-electron chi connectivity index (χ4n) is 2.08. The fourth-order valence-corrected chi connectivity index (χ4v) is 2.34. The number of carbonyl (C=O) groups is 1. The molecule has 0 heterocycles. The van der Waals surface area contributed by atoms with Crippen molar-refractivity contribution in [1.29, 1.82) is 0 Å². The average Bonchev–Trinajstić information content (AvgIpc) is 2.47. The molecule has 2 nitrogen and oxygen atoms in total. The lowest BCUT2D eigenvalue weighted by atomic mass is 10.00. The third-order valence-corrected chi connectivity index (χ3v) is 3.64. The molecule has 104 valence electrons. The summed E-state index contributed by atoms with van der Waals surface area (Å²) in [5.74, 6) is -0.237. The van der Waals surface area contributed by atoms with Crippen LogP contribution in [0.25, 0.3) is 0 Å². The van der Waals surface area contributed by atoms with Gasteiger partial charge in [0.25, 0.3) is 0 Å². The molecule has 3 heteroatoms. The maximum atomic E-state index is 11.9. The molecule has 2 aromatic rings. The van der Waals surface area contributed by atoms with Crippen molar-refractivity contribution < 1.29 is 9.53 Å². The molecule has 0 saturated carbocycles. The van der Waals surface area contributed by atoms with Crippen molar-refractivity contribution in [3.8, 4) is 0 Å². The highest BCUT2D eigenvalue weighted by Gasteiger charge is 2.11. The number of esters is 1. The van der Waals surface area contributed by atoms with Crippen LogP contribution in [0.5, 0.6) is 0 Å². The number of benzene rings is 2. The molecule has 0 aliphatic heterocycles. The number of hydrogen-bond donors (Lipinski definition) is 0. The second-order valence-electron chi connectivity index (χ2n) is 4.50. The van der Waals surface area contributed by atoms with Crippen LogP contribution in [-0.2, 0) is 17.6 Å². The van der Waals surface area contributed by atoms with E-state index in [1.807, 2.05) is 43.3 Å². The molecule has 0 aromatic heterocycles. The molecular formula is C17H17BrO2. The number of halogens is 1. The molecule has 0 spiro atoms. The summed E-state index contributed by atoms with van der Waals surface area (Å²) in [5, 5.41) is 0. The van der Waals surface area contributed by atoms with Crippen LogP contribution in [-0.4, -0.2) is 12.6 Å². The summed E-state index contributed by atoms with van der Waals surface area (Å²) in [4.78, 5) is 11.9. The van der Waals surface area contributed by atoms with Gasteiger partial charge in [0.1, 0.15) is 0 Å². The quantitative estimate of drug-likeness (QED) is 0.758. The number of carbonyl (C=O) groups excluding carboxylic acids is 1. The van der Waals surface area contributed by atoms with E-state index in [1.165, 1.54) is 5.56 Å². The van der Waals surface area contributed by atoms with Crippen LogP contribution in [0.15, 0.2) is 53.0 Å². The molecule has 0 aliphatic carbocycles. The molecule has 0 fully saturated rings. The normalized spacial score (nSPS) is 10.3. The molecule has 0 radical (unpaired) electrons.